The summed E-state index contributed by atoms with van der Waals surface area (Å²) < 4.78 is 16.4. The molecule has 136 valence electrons. The maximum absolute atomic E-state index is 11.9. The summed E-state index contributed by atoms with van der Waals surface area (Å²) in [4.78, 5) is 16.2. The van der Waals surface area contributed by atoms with Gasteiger partial charge in [0.05, 0.1) is 26.0 Å². The van der Waals surface area contributed by atoms with E-state index in [2.05, 4.69) is 17.2 Å². The number of carbonyl (C=O) groups excluding carboxylic acids is 1. The van der Waals surface area contributed by atoms with Gasteiger partial charge in [0.2, 0.25) is 5.91 Å². The minimum Gasteiger partial charge on any atom is -0.497 e. The first-order chi connectivity index (χ1) is 12.1. The van der Waals surface area contributed by atoms with E-state index in [0.29, 0.717) is 36.0 Å². The van der Waals surface area contributed by atoms with E-state index in [1.807, 2.05) is 19.1 Å². The van der Waals surface area contributed by atoms with Crippen LogP contribution in [0.1, 0.15) is 39.0 Å². The summed E-state index contributed by atoms with van der Waals surface area (Å²) >= 11 is 0. The van der Waals surface area contributed by atoms with Crippen molar-refractivity contribution in [1.82, 2.24) is 10.3 Å². The molecule has 1 aromatic heterocycles. The first kappa shape index (κ1) is 18.8. The summed E-state index contributed by atoms with van der Waals surface area (Å²) in [5.74, 6) is 2.51. The quantitative estimate of drug-likeness (QED) is 0.751. The van der Waals surface area contributed by atoms with Gasteiger partial charge in [0.1, 0.15) is 11.5 Å². The van der Waals surface area contributed by atoms with Crippen LogP contribution in [-0.2, 0) is 11.2 Å². The molecule has 0 spiro atoms. The Labute approximate surface area is 148 Å². The van der Waals surface area contributed by atoms with Crippen molar-refractivity contribution in [3.8, 4) is 22.8 Å². The Bertz CT molecular complexity index is 696. The van der Waals surface area contributed by atoms with Gasteiger partial charge >= 0.3 is 0 Å². The number of ether oxygens (including phenoxy) is 2. The summed E-state index contributed by atoms with van der Waals surface area (Å²) in [7, 11) is 3.20. The third kappa shape index (κ3) is 5.24. The summed E-state index contributed by atoms with van der Waals surface area (Å²) in [5, 5.41) is 2.98. The van der Waals surface area contributed by atoms with Crippen molar-refractivity contribution in [2.24, 2.45) is 0 Å². The van der Waals surface area contributed by atoms with Gasteiger partial charge in [-0.15, -0.1) is 0 Å². The van der Waals surface area contributed by atoms with Gasteiger partial charge in [-0.3, -0.25) is 4.79 Å². The first-order valence-corrected chi connectivity index (χ1v) is 8.53. The number of nitrogens with zero attached hydrogens (tertiary/aromatic N) is 1. The normalized spacial score (nSPS) is 11.8. The van der Waals surface area contributed by atoms with Crippen LogP contribution < -0.4 is 14.8 Å². The number of oxazole rings is 1. The van der Waals surface area contributed by atoms with Crippen molar-refractivity contribution in [1.29, 1.82) is 0 Å². The van der Waals surface area contributed by atoms with Crippen LogP contribution in [0, 0.1) is 0 Å². The van der Waals surface area contributed by atoms with Gasteiger partial charge in [0.15, 0.2) is 11.7 Å². The molecule has 6 nitrogen and oxygen atoms in total. The third-order valence-electron chi connectivity index (χ3n) is 3.92. The molecular weight excluding hydrogens is 320 g/mol. The van der Waals surface area contributed by atoms with E-state index in [0.717, 1.165) is 18.4 Å². The van der Waals surface area contributed by atoms with Gasteiger partial charge in [0.25, 0.3) is 0 Å². The van der Waals surface area contributed by atoms with E-state index in [1.54, 1.807) is 26.5 Å². The molecule has 6 heteroatoms. The molecule has 0 aliphatic rings. The molecule has 2 aromatic rings. The highest BCUT2D eigenvalue weighted by molar-refractivity contribution is 5.76. The van der Waals surface area contributed by atoms with Crippen LogP contribution in [0.3, 0.4) is 0 Å². The van der Waals surface area contributed by atoms with Gasteiger partial charge < -0.3 is 19.2 Å². The molecule has 0 aliphatic heterocycles. The van der Waals surface area contributed by atoms with E-state index < -0.39 is 0 Å². The van der Waals surface area contributed by atoms with Crippen LogP contribution in [-0.4, -0.2) is 31.2 Å². The lowest BCUT2D eigenvalue weighted by molar-refractivity contribution is -0.121. The molecule has 1 atom stereocenters. The highest BCUT2D eigenvalue weighted by Gasteiger charge is 2.14. The number of nitrogens with one attached hydrogen (secondary N) is 1. The number of hydrogen-bond donors (Lipinski definition) is 1. The van der Waals surface area contributed by atoms with Crippen molar-refractivity contribution in [2.75, 3.05) is 14.2 Å². The fourth-order valence-electron chi connectivity index (χ4n) is 2.63. The van der Waals surface area contributed by atoms with E-state index in [-0.39, 0.29) is 11.9 Å². The largest absolute Gasteiger partial charge is 0.497 e. The molecule has 0 unspecified atom stereocenters. The van der Waals surface area contributed by atoms with E-state index in [4.69, 9.17) is 13.9 Å². The lowest BCUT2D eigenvalue weighted by Gasteiger charge is -2.11. The number of amides is 1. The van der Waals surface area contributed by atoms with E-state index >= 15 is 0 Å². The lowest BCUT2D eigenvalue weighted by atomic mass is 10.1. The molecule has 0 bridgehead atoms. The van der Waals surface area contributed by atoms with Crippen LogP contribution in [0.4, 0.5) is 0 Å². The molecule has 25 heavy (non-hydrogen) atoms. The zero-order valence-corrected chi connectivity index (χ0v) is 15.3. The van der Waals surface area contributed by atoms with Crippen LogP contribution in [0.2, 0.25) is 0 Å². The topological polar surface area (TPSA) is 73.6 Å². The predicted molar refractivity (Wildman–Crippen MR) is 95.9 cm³/mol. The molecule has 2 rings (SSSR count). The zero-order valence-electron chi connectivity index (χ0n) is 15.3. The molecule has 1 N–H and O–H groups in total. The first-order valence-electron chi connectivity index (χ1n) is 8.53. The number of hydrogen-bond acceptors (Lipinski definition) is 5. The second-order valence-corrected chi connectivity index (χ2v) is 5.94. The standard InChI is InChI=1S/C19H26N2O4/c1-5-6-13(2)21-18(22)9-10-19-20-12-17(25-19)15-8-7-14(23-3)11-16(15)24-4/h7-8,11-13H,5-6,9-10H2,1-4H3,(H,21,22)/t13-/m0/s1. The predicted octanol–water partition coefficient (Wildman–Crippen LogP) is 3.60. The van der Waals surface area contributed by atoms with Crippen LogP contribution in [0.5, 0.6) is 11.5 Å². The smallest absolute Gasteiger partial charge is 0.220 e. The van der Waals surface area contributed by atoms with Gasteiger partial charge in [-0.25, -0.2) is 4.98 Å². The Balaban J connectivity index is 1.99. The van der Waals surface area contributed by atoms with Crippen molar-refractivity contribution >= 4 is 5.91 Å². The average Bonchev–Trinajstić information content (AvgIpc) is 3.08. The number of carbonyl (C=O) groups is 1. The highest BCUT2D eigenvalue weighted by Crippen LogP contribution is 2.33. The van der Waals surface area contributed by atoms with Gasteiger partial charge in [-0.2, -0.15) is 0 Å². The number of methoxy groups -OCH3 is 2. The molecule has 0 aliphatic carbocycles. The maximum atomic E-state index is 11.9. The van der Waals surface area contributed by atoms with Crippen LogP contribution >= 0.6 is 0 Å². The van der Waals surface area contributed by atoms with Gasteiger partial charge in [-0.05, 0) is 25.5 Å². The lowest BCUT2D eigenvalue weighted by Crippen LogP contribution is -2.32. The fraction of sp³-hybridized carbons (Fsp3) is 0.474. The second-order valence-electron chi connectivity index (χ2n) is 5.94. The molecule has 0 fully saturated rings. The molecule has 0 saturated carbocycles. The van der Waals surface area contributed by atoms with Crippen molar-refractivity contribution in [3.05, 3.63) is 30.3 Å². The minimum atomic E-state index is 0.0164. The highest BCUT2D eigenvalue weighted by atomic mass is 16.5. The van der Waals surface area contributed by atoms with Crippen molar-refractivity contribution in [2.45, 2.75) is 45.6 Å². The molecule has 0 saturated heterocycles. The fourth-order valence-corrected chi connectivity index (χ4v) is 2.63. The van der Waals surface area contributed by atoms with E-state index in [9.17, 15) is 4.79 Å². The summed E-state index contributed by atoms with van der Waals surface area (Å²) in [5.41, 5.74) is 0.795. The van der Waals surface area contributed by atoms with E-state index in [1.165, 1.54) is 0 Å². The molecule has 1 amide bonds. The van der Waals surface area contributed by atoms with Crippen molar-refractivity contribution < 1.29 is 18.7 Å². The minimum absolute atomic E-state index is 0.0164. The van der Waals surface area contributed by atoms with Crippen LogP contribution in [0.15, 0.2) is 28.8 Å². The van der Waals surface area contributed by atoms with Gasteiger partial charge in [-0.1, -0.05) is 13.3 Å². The molecule has 1 heterocycles. The average molecular weight is 346 g/mol. The number of aromatic nitrogens is 1. The Kier molecular flexibility index (Phi) is 6.86. The van der Waals surface area contributed by atoms with Crippen molar-refractivity contribution in [3.63, 3.8) is 0 Å². The Morgan fingerprint density at radius 1 is 1.32 bits per heavy atom. The molecular formula is C19H26N2O4. The summed E-state index contributed by atoms with van der Waals surface area (Å²) in [6.07, 6.45) is 4.49. The number of aryl methyl sites for hydroxylation is 1. The maximum Gasteiger partial charge on any atom is 0.220 e. The monoisotopic (exact) mass is 346 g/mol. The molecule has 0 radical (unpaired) electrons. The number of benzene rings is 1. The third-order valence-corrected chi connectivity index (χ3v) is 3.92. The van der Waals surface area contributed by atoms with Gasteiger partial charge in [0, 0.05) is 24.9 Å². The van der Waals surface area contributed by atoms with Crippen LogP contribution in [0.25, 0.3) is 11.3 Å². The Hall–Kier alpha value is -2.50. The molecule has 1 aromatic carbocycles. The number of rotatable bonds is 9. The summed E-state index contributed by atoms with van der Waals surface area (Å²) in [6.45, 7) is 4.12. The SMILES string of the molecule is CCC[C@H](C)NC(=O)CCc1ncc(-c2ccc(OC)cc2OC)o1. The summed E-state index contributed by atoms with van der Waals surface area (Å²) in [6, 6.07) is 5.69. The Morgan fingerprint density at radius 2 is 2.12 bits per heavy atom. The Morgan fingerprint density at radius 3 is 2.80 bits per heavy atom. The second kappa shape index (κ2) is 9.11. The zero-order chi connectivity index (χ0) is 18.2.